The molecule has 1 heterocycles. The maximum atomic E-state index is 13.9. The van der Waals surface area contributed by atoms with Gasteiger partial charge in [0, 0.05) is 21.7 Å². The lowest BCUT2D eigenvalue weighted by molar-refractivity contribution is -0.116. The number of ether oxygens (including phenoxy) is 3. The first-order valence-corrected chi connectivity index (χ1v) is 18.3. The number of thiazole rings is 1. The number of hydrogen-bond donors (Lipinski definition) is 3. The van der Waals surface area contributed by atoms with Crippen LogP contribution in [0.5, 0.6) is 17.2 Å². The molecule has 3 amide bonds. The van der Waals surface area contributed by atoms with E-state index < -0.39 is 17.1 Å². The summed E-state index contributed by atoms with van der Waals surface area (Å²) in [4.78, 5) is 46.3. The smallest absolute Gasteiger partial charge is 0.272 e. The SMILES string of the molecule is CCOc1ccc2nc(NC(=O)C(Sc3cccc(NC(=O)/C(=C\c4cc(OC)ccc4OC)NC(=O)c4ccccc4)c3)c3ccccc3)sc2c1. The van der Waals surface area contributed by atoms with Crippen LogP contribution in [0.15, 0.2) is 132 Å². The van der Waals surface area contributed by atoms with Crippen LogP contribution in [0.1, 0.15) is 33.7 Å². The molecule has 12 heteroatoms. The molecule has 10 nitrogen and oxygen atoms in total. The quantitative estimate of drug-likeness (QED) is 0.0748. The van der Waals surface area contributed by atoms with Gasteiger partial charge in [0.2, 0.25) is 5.91 Å². The molecule has 5 aromatic carbocycles. The van der Waals surface area contributed by atoms with Crippen LogP contribution in [0.4, 0.5) is 10.8 Å². The summed E-state index contributed by atoms with van der Waals surface area (Å²) in [5.74, 6) is 0.495. The summed E-state index contributed by atoms with van der Waals surface area (Å²) in [6.45, 7) is 2.48. The van der Waals surface area contributed by atoms with E-state index in [2.05, 4.69) is 20.9 Å². The van der Waals surface area contributed by atoms with E-state index in [1.54, 1.807) is 66.7 Å². The fourth-order valence-electron chi connectivity index (χ4n) is 5.32. The lowest BCUT2D eigenvalue weighted by atomic mass is 10.1. The molecule has 0 saturated carbocycles. The second-order valence-electron chi connectivity index (χ2n) is 11.4. The number of amides is 3. The summed E-state index contributed by atoms with van der Waals surface area (Å²) in [6, 6.07) is 36.0. The Morgan fingerprint density at radius 1 is 0.811 bits per heavy atom. The number of fused-ring (bicyclic) bond motifs is 1. The number of nitrogens with one attached hydrogen (secondary N) is 3. The van der Waals surface area contributed by atoms with E-state index in [9.17, 15) is 14.4 Å². The zero-order valence-corrected chi connectivity index (χ0v) is 30.8. The Morgan fingerprint density at radius 3 is 2.30 bits per heavy atom. The van der Waals surface area contributed by atoms with Crippen LogP contribution < -0.4 is 30.2 Å². The Hall–Kier alpha value is -6.11. The third kappa shape index (κ3) is 9.42. The fraction of sp³-hybridized carbons (Fsp3) is 0.122. The second-order valence-corrected chi connectivity index (χ2v) is 13.7. The molecule has 0 aliphatic heterocycles. The molecule has 0 saturated heterocycles. The number of carbonyl (C=O) groups is 3. The molecule has 0 aliphatic rings. The number of nitrogens with zero attached hydrogens (tertiary/aromatic N) is 1. The molecule has 1 aromatic heterocycles. The van der Waals surface area contributed by atoms with Gasteiger partial charge in [-0.05, 0) is 85.3 Å². The maximum Gasteiger partial charge on any atom is 0.272 e. The van der Waals surface area contributed by atoms with Crippen LogP contribution in [0.3, 0.4) is 0 Å². The van der Waals surface area contributed by atoms with Crippen molar-refractivity contribution in [1.29, 1.82) is 0 Å². The first-order valence-electron chi connectivity index (χ1n) is 16.6. The summed E-state index contributed by atoms with van der Waals surface area (Å²) in [5, 5.41) is 8.51. The molecule has 0 fully saturated rings. The predicted molar refractivity (Wildman–Crippen MR) is 211 cm³/mol. The van der Waals surface area contributed by atoms with Crippen LogP contribution in [-0.4, -0.2) is 43.5 Å². The number of aromatic nitrogens is 1. The number of hydrogen-bond acceptors (Lipinski definition) is 9. The minimum absolute atomic E-state index is 0.0192. The van der Waals surface area contributed by atoms with Crippen LogP contribution in [0.25, 0.3) is 16.3 Å². The molecule has 1 atom stereocenters. The van der Waals surface area contributed by atoms with Gasteiger partial charge in [0.15, 0.2) is 5.13 Å². The van der Waals surface area contributed by atoms with E-state index in [0.29, 0.717) is 40.1 Å². The Kier molecular flexibility index (Phi) is 12.0. The van der Waals surface area contributed by atoms with Crippen molar-refractivity contribution < 1.29 is 28.6 Å². The molecular formula is C41H36N4O6S2. The Balaban J connectivity index is 1.25. The predicted octanol–water partition coefficient (Wildman–Crippen LogP) is 8.59. The largest absolute Gasteiger partial charge is 0.497 e. The van der Waals surface area contributed by atoms with Gasteiger partial charge in [-0.3, -0.25) is 14.4 Å². The van der Waals surface area contributed by atoms with Crippen molar-refractivity contribution in [3.05, 3.63) is 144 Å². The van der Waals surface area contributed by atoms with Crippen molar-refractivity contribution in [3.8, 4) is 17.2 Å². The van der Waals surface area contributed by atoms with Gasteiger partial charge in [0.1, 0.15) is 28.2 Å². The number of benzene rings is 5. The van der Waals surface area contributed by atoms with Crippen LogP contribution in [0, 0.1) is 0 Å². The van der Waals surface area contributed by atoms with Gasteiger partial charge in [-0.25, -0.2) is 4.98 Å². The lowest BCUT2D eigenvalue weighted by Crippen LogP contribution is -2.30. The summed E-state index contributed by atoms with van der Waals surface area (Å²) >= 11 is 2.71. The van der Waals surface area contributed by atoms with Crippen molar-refractivity contribution in [2.75, 3.05) is 31.5 Å². The average Bonchev–Trinajstić information content (AvgIpc) is 3.59. The van der Waals surface area contributed by atoms with Crippen LogP contribution in [-0.2, 0) is 9.59 Å². The van der Waals surface area contributed by atoms with Crippen LogP contribution >= 0.6 is 23.1 Å². The second kappa shape index (κ2) is 17.4. The van der Waals surface area contributed by atoms with E-state index in [-0.39, 0.29) is 11.6 Å². The molecular weight excluding hydrogens is 709 g/mol. The van der Waals surface area contributed by atoms with Crippen LogP contribution in [0.2, 0.25) is 0 Å². The maximum absolute atomic E-state index is 13.9. The summed E-state index contributed by atoms with van der Waals surface area (Å²) in [6.07, 6.45) is 1.53. The Morgan fingerprint density at radius 2 is 1.57 bits per heavy atom. The molecule has 6 aromatic rings. The van der Waals surface area contributed by atoms with Gasteiger partial charge in [-0.2, -0.15) is 0 Å². The normalized spacial score (nSPS) is 11.7. The summed E-state index contributed by atoms with van der Waals surface area (Å²) in [7, 11) is 3.06. The van der Waals surface area contributed by atoms with Crippen molar-refractivity contribution in [3.63, 3.8) is 0 Å². The Labute approximate surface area is 315 Å². The van der Waals surface area contributed by atoms with Gasteiger partial charge in [0.05, 0.1) is 31.0 Å². The summed E-state index contributed by atoms with van der Waals surface area (Å²) < 4.78 is 17.4. The van der Waals surface area contributed by atoms with Crippen molar-refractivity contribution >= 4 is 67.9 Å². The van der Waals surface area contributed by atoms with Crippen molar-refractivity contribution in [2.24, 2.45) is 0 Å². The molecule has 3 N–H and O–H groups in total. The number of rotatable bonds is 14. The zero-order chi connectivity index (χ0) is 37.2. The highest BCUT2D eigenvalue weighted by molar-refractivity contribution is 8.00. The first kappa shape index (κ1) is 36.7. The average molecular weight is 745 g/mol. The third-order valence-corrected chi connectivity index (χ3v) is 10.0. The van der Waals surface area contributed by atoms with E-state index in [0.717, 1.165) is 26.4 Å². The molecule has 268 valence electrons. The van der Waals surface area contributed by atoms with Gasteiger partial charge in [-0.15, -0.1) is 11.8 Å². The highest BCUT2D eigenvalue weighted by Crippen LogP contribution is 2.38. The summed E-state index contributed by atoms with van der Waals surface area (Å²) in [5.41, 5.74) is 2.91. The van der Waals surface area contributed by atoms with E-state index in [4.69, 9.17) is 14.2 Å². The van der Waals surface area contributed by atoms with Gasteiger partial charge in [-0.1, -0.05) is 65.9 Å². The zero-order valence-electron chi connectivity index (χ0n) is 29.1. The fourth-order valence-corrected chi connectivity index (χ4v) is 7.30. The van der Waals surface area contributed by atoms with Crippen molar-refractivity contribution in [2.45, 2.75) is 17.1 Å². The molecule has 0 bridgehead atoms. The highest BCUT2D eigenvalue weighted by Gasteiger charge is 2.24. The molecule has 0 radical (unpaired) electrons. The molecule has 6 rings (SSSR count). The number of thioether (sulfide) groups is 1. The standard InChI is InChI=1S/C41H36N4O6S2/c1-4-51-31-18-20-33-36(25-31)53-41(44-33)45-40(48)37(26-12-7-5-8-13-26)52-32-17-11-16-29(24-32)42-39(47)34(43-38(46)27-14-9-6-10-15-27)23-28-22-30(49-2)19-21-35(28)50-3/h5-25,37H,4H2,1-3H3,(H,42,47)(H,43,46)(H,44,45,48)/b34-23+. The molecule has 53 heavy (non-hydrogen) atoms. The third-order valence-electron chi connectivity index (χ3n) is 7.85. The molecule has 1 unspecified atom stereocenters. The highest BCUT2D eigenvalue weighted by atomic mass is 32.2. The van der Waals surface area contributed by atoms with Crippen molar-refractivity contribution in [1.82, 2.24) is 10.3 Å². The minimum atomic E-state index is -0.644. The monoisotopic (exact) mass is 744 g/mol. The molecule has 0 spiro atoms. The number of carbonyl (C=O) groups excluding carboxylic acids is 3. The van der Waals surface area contributed by atoms with Gasteiger partial charge in [0.25, 0.3) is 11.8 Å². The van der Waals surface area contributed by atoms with Gasteiger partial charge >= 0.3 is 0 Å². The number of methoxy groups -OCH3 is 2. The number of anilines is 2. The topological polar surface area (TPSA) is 128 Å². The lowest BCUT2D eigenvalue weighted by Gasteiger charge is -2.17. The van der Waals surface area contributed by atoms with E-state index in [1.165, 1.54) is 43.4 Å². The van der Waals surface area contributed by atoms with E-state index >= 15 is 0 Å². The van der Waals surface area contributed by atoms with Gasteiger partial charge < -0.3 is 30.2 Å². The first-order chi connectivity index (χ1) is 25.8. The van der Waals surface area contributed by atoms with E-state index in [1.807, 2.05) is 61.5 Å². The molecule has 0 aliphatic carbocycles. The Bertz CT molecular complexity index is 2260. The minimum Gasteiger partial charge on any atom is -0.497 e.